The molecule has 1 aliphatic heterocycles. The molecule has 52 valence electrons. The second-order valence-corrected chi connectivity index (χ2v) is 2.11. The first-order valence-corrected chi connectivity index (χ1v) is 2.74. The van der Waals surface area contributed by atoms with E-state index in [1.54, 1.807) is 6.92 Å². The third-order valence-electron chi connectivity index (χ3n) is 1.39. The Morgan fingerprint density at radius 1 is 1.78 bits per heavy atom. The number of carbonyl (C=O) groups excluding carboxylic acids is 1. The largest absolute Gasteiger partial charge is 0.442 e. The molecule has 0 saturated carbocycles. The van der Waals surface area contributed by atoms with Gasteiger partial charge in [0.15, 0.2) is 6.23 Å². The second kappa shape index (κ2) is 1.88. The maximum absolute atomic E-state index is 10.5. The number of cyclic esters (lactones) is 1. The molecule has 4 nitrogen and oxygen atoms in total. The number of amides is 1. The molecule has 1 rings (SSSR count). The number of rotatable bonds is 0. The Morgan fingerprint density at radius 3 is 2.44 bits per heavy atom. The minimum atomic E-state index is -0.780. The van der Waals surface area contributed by atoms with E-state index >= 15 is 0 Å². The molecule has 1 aliphatic rings. The van der Waals surface area contributed by atoms with Gasteiger partial charge in [-0.15, -0.1) is 0 Å². The molecule has 1 amide bonds. The summed E-state index contributed by atoms with van der Waals surface area (Å²) in [7, 11) is 1.50. The average Bonchev–Trinajstić information content (AvgIpc) is 1.98. The summed E-state index contributed by atoms with van der Waals surface area (Å²) in [6.45, 7) is 1.64. The van der Waals surface area contributed by atoms with Gasteiger partial charge in [-0.25, -0.2) is 4.79 Å². The third-order valence-corrected chi connectivity index (χ3v) is 1.39. The van der Waals surface area contributed by atoms with E-state index in [-0.39, 0.29) is 0 Å². The van der Waals surface area contributed by atoms with E-state index in [0.717, 1.165) is 4.90 Å². The molecular formula is C5H9NO3. The number of aliphatic hydroxyl groups is 1. The lowest BCUT2D eigenvalue weighted by Crippen LogP contribution is -2.31. The number of nitrogens with zero attached hydrogens (tertiary/aromatic N) is 1. The van der Waals surface area contributed by atoms with Crippen LogP contribution in [0.5, 0.6) is 0 Å². The Kier molecular flexibility index (Phi) is 1.32. The second-order valence-electron chi connectivity index (χ2n) is 2.11. The highest BCUT2D eigenvalue weighted by Crippen LogP contribution is 2.13. The van der Waals surface area contributed by atoms with E-state index in [2.05, 4.69) is 4.74 Å². The summed E-state index contributed by atoms with van der Waals surface area (Å²) >= 11 is 0. The molecule has 4 heteroatoms. The van der Waals surface area contributed by atoms with Crippen LogP contribution in [0, 0.1) is 0 Å². The predicted octanol–water partition coefficient (Wildman–Crippen LogP) is -0.225. The van der Waals surface area contributed by atoms with Crippen LogP contribution in [0.3, 0.4) is 0 Å². The highest BCUT2D eigenvalue weighted by Gasteiger charge is 2.34. The van der Waals surface area contributed by atoms with Gasteiger partial charge in [-0.05, 0) is 6.92 Å². The van der Waals surface area contributed by atoms with Gasteiger partial charge in [0, 0.05) is 7.05 Å². The van der Waals surface area contributed by atoms with Crippen molar-refractivity contribution in [2.24, 2.45) is 0 Å². The van der Waals surface area contributed by atoms with Gasteiger partial charge in [0.2, 0.25) is 0 Å². The van der Waals surface area contributed by atoms with E-state index in [1.165, 1.54) is 7.05 Å². The topological polar surface area (TPSA) is 49.8 Å². The van der Waals surface area contributed by atoms with E-state index in [9.17, 15) is 4.79 Å². The number of hydrogen-bond acceptors (Lipinski definition) is 3. The van der Waals surface area contributed by atoms with E-state index < -0.39 is 18.4 Å². The van der Waals surface area contributed by atoms with Gasteiger partial charge in [-0.3, -0.25) is 4.90 Å². The van der Waals surface area contributed by atoms with Crippen LogP contribution in [-0.4, -0.2) is 35.5 Å². The fraction of sp³-hybridized carbons (Fsp3) is 0.800. The van der Waals surface area contributed by atoms with Crippen molar-refractivity contribution in [3.63, 3.8) is 0 Å². The number of ether oxygens (including phenoxy) is 1. The van der Waals surface area contributed by atoms with Gasteiger partial charge in [-0.1, -0.05) is 0 Å². The maximum atomic E-state index is 10.5. The first-order chi connectivity index (χ1) is 4.13. The molecule has 0 aliphatic carbocycles. The molecule has 1 saturated heterocycles. The van der Waals surface area contributed by atoms with Crippen LogP contribution in [0.1, 0.15) is 6.92 Å². The molecule has 9 heavy (non-hydrogen) atoms. The van der Waals surface area contributed by atoms with E-state index in [1.807, 2.05) is 0 Å². The Bertz CT molecular complexity index is 136. The summed E-state index contributed by atoms with van der Waals surface area (Å²) in [5.41, 5.74) is 0. The van der Waals surface area contributed by atoms with Crippen LogP contribution in [-0.2, 0) is 4.74 Å². The minimum absolute atomic E-state index is 0.400. The first-order valence-electron chi connectivity index (χ1n) is 2.74. The van der Waals surface area contributed by atoms with E-state index in [0.29, 0.717) is 0 Å². The number of aliphatic hydroxyl groups excluding tert-OH is 1. The van der Waals surface area contributed by atoms with Crippen molar-refractivity contribution in [1.82, 2.24) is 4.90 Å². The van der Waals surface area contributed by atoms with Crippen LogP contribution >= 0.6 is 0 Å². The third kappa shape index (κ3) is 0.853. The quantitative estimate of drug-likeness (QED) is 0.494. The Hall–Kier alpha value is -0.770. The van der Waals surface area contributed by atoms with Crippen LogP contribution in [0.15, 0.2) is 0 Å². The molecule has 0 bridgehead atoms. The molecule has 1 N–H and O–H groups in total. The van der Waals surface area contributed by atoms with Gasteiger partial charge in [0.25, 0.3) is 0 Å². The van der Waals surface area contributed by atoms with Crippen molar-refractivity contribution < 1.29 is 14.6 Å². The number of carbonyl (C=O) groups is 1. The van der Waals surface area contributed by atoms with Crippen molar-refractivity contribution in [3.8, 4) is 0 Å². The molecule has 1 fully saturated rings. The average molecular weight is 131 g/mol. The van der Waals surface area contributed by atoms with Gasteiger partial charge in [0.05, 0.1) is 0 Å². The standard InChI is InChI=1S/C5H9NO3/c1-3-4(7)6(2)5(8)9-3/h3-4,7H,1-2H3. The van der Waals surface area contributed by atoms with Crippen molar-refractivity contribution in [2.75, 3.05) is 7.05 Å². The molecule has 2 atom stereocenters. The fourth-order valence-electron chi connectivity index (χ4n) is 0.726. The predicted molar refractivity (Wildman–Crippen MR) is 29.7 cm³/mol. The van der Waals surface area contributed by atoms with Crippen LogP contribution in [0.4, 0.5) is 4.79 Å². The van der Waals surface area contributed by atoms with E-state index in [4.69, 9.17) is 5.11 Å². The number of likely N-dealkylation sites (N-methyl/N-ethyl adjacent to an activating group) is 1. The molecule has 0 aromatic carbocycles. The lowest BCUT2D eigenvalue weighted by molar-refractivity contribution is 0.0322. The van der Waals surface area contributed by atoms with Crippen LogP contribution in [0.2, 0.25) is 0 Å². The Morgan fingerprint density at radius 2 is 2.33 bits per heavy atom. The minimum Gasteiger partial charge on any atom is -0.442 e. The molecule has 0 aromatic rings. The lowest BCUT2D eigenvalue weighted by atomic mass is 10.4. The monoisotopic (exact) mass is 131 g/mol. The SMILES string of the molecule is CC1OC(=O)N(C)C1O. The summed E-state index contributed by atoms with van der Waals surface area (Å²) in [6.07, 6.45) is -1.64. The first kappa shape index (κ1) is 6.35. The zero-order valence-electron chi connectivity index (χ0n) is 5.37. The summed E-state index contributed by atoms with van der Waals surface area (Å²) in [4.78, 5) is 11.7. The zero-order chi connectivity index (χ0) is 7.02. The molecular weight excluding hydrogens is 122 g/mol. The van der Waals surface area contributed by atoms with Gasteiger partial charge in [-0.2, -0.15) is 0 Å². The van der Waals surface area contributed by atoms with Crippen molar-refractivity contribution in [3.05, 3.63) is 0 Å². The maximum Gasteiger partial charge on any atom is 0.412 e. The Balaban J connectivity index is 2.65. The molecule has 1 heterocycles. The number of hydrogen-bond donors (Lipinski definition) is 1. The van der Waals surface area contributed by atoms with Gasteiger partial charge >= 0.3 is 6.09 Å². The molecule has 2 unspecified atom stereocenters. The van der Waals surface area contributed by atoms with Crippen LogP contribution < -0.4 is 0 Å². The normalized spacial score (nSPS) is 35.0. The highest BCUT2D eigenvalue weighted by molar-refractivity contribution is 5.69. The van der Waals surface area contributed by atoms with Crippen molar-refractivity contribution in [2.45, 2.75) is 19.3 Å². The lowest BCUT2D eigenvalue weighted by Gasteiger charge is -2.10. The fourth-order valence-corrected chi connectivity index (χ4v) is 0.726. The molecule has 0 aromatic heterocycles. The van der Waals surface area contributed by atoms with Crippen LogP contribution in [0.25, 0.3) is 0 Å². The molecule has 0 spiro atoms. The summed E-state index contributed by atoms with van der Waals surface area (Å²) in [6, 6.07) is 0. The summed E-state index contributed by atoms with van der Waals surface area (Å²) < 4.78 is 4.62. The van der Waals surface area contributed by atoms with Gasteiger partial charge < -0.3 is 9.84 Å². The van der Waals surface area contributed by atoms with Crippen molar-refractivity contribution >= 4 is 6.09 Å². The highest BCUT2D eigenvalue weighted by atomic mass is 16.6. The summed E-state index contributed by atoms with van der Waals surface area (Å²) in [5.74, 6) is 0. The van der Waals surface area contributed by atoms with Gasteiger partial charge in [0.1, 0.15) is 6.10 Å². The summed E-state index contributed by atoms with van der Waals surface area (Å²) in [5, 5.41) is 9.02. The van der Waals surface area contributed by atoms with Crippen molar-refractivity contribution in [1.29, 1.82) is 0 Å². The zero-order valence-corrected chi connectivity index (χ0v) is 5.37. The Labute approximate surface area is 53.0 Å². The molecule has 0 radical (unpaired) electrons. The smallest absolute Gasteiger partial charge is 0.412 e.